The van der Waals surface area contributed by atoms with Crippen LogP contribution in [-0.4, -0.2) is 9.97 Å². The summed E-state index contributed by atoms with van der Waals surface area (Å²) in [5, 5.41) is 2.99. The predicted octanol–water partition coefficient (Wildman–Crippen LogP) is 3.76. The molecule has 3 rings (SSSR count). The number of thiazole rings is 1. The molecule has 0 aliphatic heterocycles. The van der Waals surface area contributed by atoms with E-state index in [1.165, 1.54) is 5.56 Å². The van der Waals surface area contributed by atoms with Crippen molar-refractivity contribution in [3.05, 3.63) is 53.5 Å². The normalized spacial score (nSPS) is 10.6. The Labute approximate surface area is 115 Å². The SMILES string of the molecule is Cc1ccnc(-c2nc(-c3ccc(N)cc3)cs2)c1. The highest BCUT2D eigenvalue weighted by atomic mass is 32.1. The van der Waals surface area contributed by atoms with E-state index < -0.39 is 0 Å². The molecule has 2 N–H and O–H groups in total. The van der Waals surface area contributed by atoms with Crippen LogP contribution < -0.4 is 5.73 Å². The van der Waals surface area contributed by atoms with E-state index in [2.05, 4.69) is 16.9 Å². The molecule has 2 aromatic heterocycles. The van der Waals surface area contributed by atoms with Crippen LogP contribution in [0, 0.1) is 6.92 Å². The summed E-state index contributed by atoms with van der Waals surface area (Å²) < 4.78 is 0. The van der Waals surface area contributed by atoms with E-state index in [0.717, 1.165) is 27.6 Å². The van der Waals surface area contributed by atoms with Crippen LogP contribution in [0.2, 0.25) is 0 Å². The molecule has 0 bridgehead atoms. The standard InChI is InChI=1S/C15H13N3S/c1-10-6-7-17-13(8-10)15-18-14(9-19-15)11-2-4-12(16)5-3-11/h2-9H,16H2,1H3. The third kappa shape index (κ3) is 2.48. The van der Waals surface area contributed by atoms with Gasteiger partial charge in [-0.3, -0.25) is 4.98 Å². The van der Waals surface area contributed by atoms with Crippen LogP contribution in [0.5, 0.6) is 0 Å². The van der Waals surface area contributed by atoms with Gasteiger partial charge in [-0.25, -0.2) is 4.98 Å². The molecule has 0 atom stereocenters. The number of hydrogen-bond donors (Lipinski definition) is 1. The van der Waals surface area contributed by atoms with Crippen molar-refractivity contribution in [2.75, 3.05) is 5.73 Å². The van der Waals surface area contributed by atoms with Crippen LogP contribution in [-0.2, 0) is 0 Å². The molecule has 0 unspecified atom stereocenters. The summed E-state index contributed by atoms with van der Waals surface area (Å²) >= 11 is 1.61. The molecule has 0 fully saturated rings. The summed E-state index contributed by atoms with van der Waals surface area (Å²) in [5.74, 6) is 0. The second kappa shape index (κ2) is 4.82. The van der Waals surface area contributed by atoms with Crippen molar-refractivity contribution < 1.29 is 0 Å². The number of anilines is 1. The van der Waals surface area contributed by atoms with Gasteiger partial charge in [0.1, 0.15) is 5.01 Å². The Hall–Kier alpha value is -2.20. The lowest BCUT2D eigenvalue weighted by molar-refractivity contribution is 1.26. The van der Waals surface area contributed by atoms with E-state index in [1.54, 1.807) is 11.3 Å². The first-order chi connectivity index (χ1) is 9.22. The van der Waals surface area contributed by atoms with E-state index >= 15 is 0 Å². The van der Waals surface area contributed by atoms with Gasteiger partial charge in [0.25, 0.3) is 0 Å². The topological polar surface area (TPSA) is 51.8 Å². The number of rotatable bonds is 2. The fourth-order valence-electron chi connectivity index (χ4n) is 1.83. The quantitative estimate of drug-likeness (QED) is 0.719. The molecule has 2 heterocycles. The Bertz CT molecular complexity index is 701. The molecule has 1 aromatic carbocycles. The lowest BCUT2D eigenvalue weighted by Gasteiger charge is -1.98. The molecule has 3 nitrogen and oxygen atoms in total. The summed E-state index contributed by atoms with van der Waals surface area (Å²) in [6.45, 7) is 2.06. The van der Waals surface area contributed by atoms with Crippen LogP contribution >= 0.6 is 11.3 Å². The Balaban J connectivity index is 1.97. The van der Waals surface area contributed by atoms with Gasteiger partial charge in [-0.1, -0.05) is 12.1 Å². The molecular weight excluding hydrogens is 254 g/mol. The first-order valence-electron chi connectivity index (χ1n) is 5.97. The van der Waals surface area contributed by atoms with Crippen molar-refractivity contribution in [2.45, 2.75) is 6.92 Å². The van der Waals surface area contributed by atoms with Crippen molar-refractivity contribution in [1.29, 1.82) is 0 Å². The Kier molecular flexibility index (Phi) is 3.01. The van der Waals surface area contributed by atoms with Gasteiger partial charge in [0.2, 0.25) is 0 Å². The summed E-state index contributed by atoms with van der Waals surface area (Å²) in [7, 11) is 0. The summed E-state index contributed by atoms with van der Waals surface area (Å²) in [5.41, 5.74) is 10.6. The average molecular weight is 267 g/mol. The number of pyridine rings is 1. The number of hydrogen-bond acceptors (Lipinski definition) is 4. The van der Waals surface area contributed by atoms with Crippen LogP contribution in [0.3, 0.4) is 0 Å². The van der Waals surface area contributed by atoms with Crippen molar-refractivity contribution in [3.63, 3.8) is 0 Å². The Morgan fingerprint density at radius 3 is 2.58 bits per heavy atom. The molecule has 94 valence electrons. The summed E-state index contributed by atoms with van der Waals surface area (Å²) in [6.07, 6.45) is 1.81. The largest absolute Gasteiger partial charge is 0.399 e. The Morgan fingerprint density at radius 1 is 1.05 bits per heavy atom. The van der Waals surface area contributed by atoms with Gasteiger partial charge in [-0.05, 0) is 36.8 Å². The fourth-order valence-corrected chi connectivity index (χ4v) is 2.63. The highest BCUT2D eigenvalue weighted by Gasteiger charge is 2.07. The summed E-state index contributed by atoms with van der Waals surface area (Å²) in [4.78, 5) is 9.00. The van der Waals surface area contributed by atoms with E-state index in [0.29, 0.717) is 0 Å². The number of benzene rings is 1. The number of nitrogens with zero attached hydrogens (tertiary/aromatic N) is 2. The van der Waals surface area contributed by atoms with E-state index in [9.17, 15) is 0 Å². The smallest absolute Gasteiger partial charge is 0.142 e. The van der Waals surface area contributed by atoms with E-state index in [-0.39, 0.29) is 0 Å². The van der Waals surface area contributed by atoms with Gasteiger partial charge in [0.05, 0.1) is 11.4 Å². The van der Waals surface area contributed by atoms with Crippen LogP contribution in [0.15, 0.2) is 48.0 Å². The van der Waals surface area contributed by atoms with Crippen molar-refractivity contribution in [3.8, 4) is 22.0 Å². The number of nitrogen functional groups attached to an aromatic ring is 1. The van der Waals surface area contributed by atoms with Gasteiger partial charge in [0.15, 0.2) is 0 Å². The first-order valence-corrected chi connectivity index (χ1v) is 6.85. The molecule has 0 aliphatic carbocycles. The molecule has 0 aliphatic rings. The molecule has 0 saturated carbocycles. The second-order valence-electron chi connectivity index (χ2n) is 4.38. The van der Waals surface area contributed by atoms with Crippen LogP contribution in [0.4, 0.5) is 5.69 Å². The van der Waals surface area contributed by atoms with Gasteiger partial charge >= 0.3 is 0 Å². The lowest BCUT2D eigenvalue weighted by Crippen LogP contribution is -1.85. The van der Waals surface area contributed by atoms with Crippen molar-refractivity contribution in [2.24, 2.45) is 0 Å². The second-order valence-corrected chi connectivity index (χ2v) is 5.24. The zero-order chi connectivity index (χ0) is 13.2. The van der Waals surface area contributed by atoms with Crippen LogP contribution in [0.25, 0.3) is 22.0 Å². The molecule has 0 radical (unpaired) electrons. The average Bonchev–Trinajstić information content (AvgIpc) is 2.89. The number of aromatic nitrogens is 2. The van der Waals surface area contributed by atoms with Gasteiger partial charge in [-0.15, -0.1) is 11.3 Å². The van der Waals surface area contributed by atoms with E-state index in [4.69, 9.17) is 5.73 Å². The number of nitrogens with two attached hydrogens (primary N) is 1. The minimum absolute atomic E-state index is 0.763. The maximum atomic E-state index is 5.69. The van der Waals surface area contributed by atoms with Crippen molar-refractivity contribution >= 4 is 17.0 Å². The summed E-state index contributed by atoms with van der Waals surface area (Å²) in [6, 6.07) is 11.8. The Morgan fingerprint density at radius 2 is 1.84 bits per heavy atom. The predicted molar refractivity (Wildman–Crippen MR) is 79.9 cm³/mol. The molecular formula is C15H13N3S. The molecule has 4 heteroatoms. The molecule has 3 aromatic rings. The maximum Gasteiger partial charge on any atom is 0.142 e. The maximum absolute atomic E-state index is 5.69. The van der Waals surface area contributed by atoms with Crippen LogP contribution in [0.1, 0.15) is 5.56 Å². The minimum Gasteiger partial charge on any atom is -0.399 e. The third-order valence-electron chi connectivity index (χ3n) is 2.85. The minimum atomic E-state index is 0.763. The molecule has 0 saturated heterocycles. The fraction of sp³-hybridized carbons (Fsp3) is 0.0667. The highest BCUT2D eigenvalue weighted by Crippen LogP contribution is 2.28. The lowest BCUT2D eigenvalue weighted by atomic mass is 10.1. The molecule has 0 amide bonds. The monoisotopic (exact) mass is 267 g/mol. The van der Waals surface area contributed by atoms with Gasteiger partial charge in [0, 0.05) is 22.8 Å². The van der Waals surface area contributed by atoms with Crippen molar-refractivity contribution in [1.82, 2.24) is 9.97 Å². The van der Waals surface area contributed by atoms with Gasteiger partial charge < -0.3 is 5.73 Å². The zero-order valence-electron chi connectivity index (χ0n) is 10.5. The first kappa shape index (κ1) is 11.9. The van der Waals surface area contributed by atoms with E-state index in [1.807, 2.05) is 48.0 Å². The third-order valence-corrected chi connectivity index (χ3v) is 3.71. The molecule has 19 heavy (non-hydrogen) atoms. The molecule has 0 spiro atoms. The number of aryl methyl sites for hydroxylation is 1. The zero-order valence-corrected chi connectivity index (χ0v) is 11.3. The highest BCUT2D eigenvalue weighted by molar-refractivity contribution is 7.13. The van der Waals surface area contributed by atoms with Gasteiger partial charge in [-0.2, -0.15) is 0 Å².